The summed E-state index contributed by atoms with van der Waals surface area (Å²) in [6.45, 7) is 3.13. The molecule has 1 amide bonds. The van der Waals surface area contributed by atoms with Gasteiger partial charge in [-0.2, -0.15) is 11.8 Å². The molecule has 0 unspecified atom stereocenters. The molecule has 6 nitrogen and oxygen atoms in total. The minimum absolute atomic E-state index is 0.0150. The van der Waals surface area contributed by atoms with E-state index in [1.165, 1.54) is 14.2 Å². The van der Waals surface area contributed by atoms with E-state index in [0.29, 0.717) is 11.1 Å². The molecule has 1 aliphatic carbocycles. The summed E-state index contributed by atoms with van der Waals surface area (Å²) >= 11 is 1.85. The second-order valence-electron chi connectivity index (χ2n) is 6.97. The Kier molecular flexibility index (Phi) is 7.15. The van der Waals surface area contributed by atoms with Crippen LogP contribution in [0.1, 0.15) is 18.1 Å². The van der Waals surface area contributed by atoms with Crippen LogP contribution in [0.25, 0.3) is 6.08 Å². The first-order valence-corrected chi connectivity index (χ1v) is 10.9. The molecular formula is C23H25NO5S. The normalized spacial score (nSPS) is 17.8. The maximum atomic E-state index is 12.9. The number of rotatable bonds is 6. The third kappa shape index (κ3) is 4.51. The first-order valence-electron chi connectivity index (χ1n) is 9.72. The van der Waals surface area contributed by atoms with E-state index in [2.05, 4.69) is 0 Å². The van der Waals surface area contributed by atoms with Crippen molar-refractivity contribution in [3.63, 3.8) is 0 Å². The standard InChI is InChI=1S/C23H25NO5S/c1-15-18(21(27)23(29-3)22(28-2)20(15)26)14-17-7-5-4-6-16(17)8-9-19(25)24-10-12-30-13-11-24/h4-9H,10-14H2,1-3H3/b9-8+. The van der Waals surface area contributed by atoms with Crippen molar-refractivity contribution >= 4 is 35.3 Å². The molecule has 0 aromatic heterocycles. The van der Waals surface area contributed by atoms with Crippen molar-refractivity contribution in [2.24, 2.45) is 0 Å². The molecule has 1 heterocycles. The summed E-state index contributed by atoms with van der Waals surface area (Å²) in [5.74, 6) is 1.05. The fourth-order valence-corrected chi connectivity index (χ4v) is 4.41. The van der Waals surface area contributed by atoms with Gasteiger partial charge in [-0.05, 0) is 24.1 Å². The molecule has 0 radical (unpaired) electrons. The fourth-order valence-electron chi connectivity index (χ4n) is 3.50. The Balaban J connectivity index is 1.85. The number of hydrogen-bond donors (Lipinski definition) is 0. The van der Waals surface area contributed by atoms with Crippen LogP contribution in [0.3, 0.4) is 0 Å². The lowest BCUT2D eigenvalue weighted by Gasteiger charge is -2.25. The average molecular weight is 428 g/mol. The highest BCUT2D eigenvalue weighted by Gasteiger charge is 2.34. The number of carbonyl (C=O) groups is 3. The van der Waals surface area contributed by atoms with Crippen molar-refractivity contribution in [2.45, 2.75) is 13.3 Å². The quantitative estimate of drug-likeness (QED) is 0.514. The number of nitrogens with zero attached hydrogens (tertiary/aromatic N) is 1. The average Bonchev–Trinajstić information content (AvgIpc) is 2.78. The van der Waals surface area contributed by atoms with Crippen molar-refractivity contribution in [3.8, 4) is 0 Å². The Labute approximate surface area is 180 Å². The molecule has 1 aromatic carbocycles. The SMILES string of the molecule is COC1=C(OC)C(=O)C(Cc2ccccc2/C=C/C(=O)N2CCSCC2)=C(C)C1=O. The number of benzene rings is 1. The first-order chi connectivity index (χ1) is 14.5. The van der Waals surface area contributed by atoms with Crippen LogP contribution in [0.4, 0.5) is 0 Å². The highest BCUT2D eigenvalue weighted by Crippen LogP contribution is 2.29. The number of methoxy groups -OCH3 is 2. The molecule has 30 heavy (non-hydrogen) atoms. The van der Waals surface area contributed by atoms with Crippen molar-refractivity contribution in [1.82, 2.24) is 4.90 Å². The van der Waals surface area contributed by atoms with Crippen LogP contribution >= 0.6 is 11.8 Å². The monoisotopic (exact) mass is 427 g/mol. The van der Waals surface area contributed by atoms with Crippen LogP contribution in [0.2, 0.25) is 0 Å². The predicted octanol–water partition coefficient (Wildman–Crippen LogP) is 2.79. The molecule has 158 valence electrons. The highest BCUT2D eigenvalue weighted by molar-refractivity contribution is 7.99. The third-order valence-electron chi connectivity index (χ3n) is 5.24. The summed E-state index contributed by atoms with van der Waals surface area (Å²) < 4.78 is 10.2. The number of carbonyl (C=O) groups excluding carboxylic acids is 3. The molecule has 0 N–H and O–H groups in total. The summed E-state index contributed by atoms with van der Waals surface area (Å²) in [7, 11) is 2.69. The number of thioether (sulfide) groups is 1. The number of amides is 1. The lowest BCUT2D eigenvalue weighted by molar-refractivity contribution is -0.125. The van der Waals surface area contributed by atoms with E-state index in [0.717, 1.165) is 35.7 Å². The van der Waals surface area contributed by atoms with E-state index in [9.17, 15) is 14.4 Å². The number of allylic oxidation sites excluding steroid dienone is 2. The Morgan fingerprint density at radius 1 is 1.07 bits per heavy atom. The largest absolute Gasteiger partial charge is 0.489 e. The zero-order valence-corrected chi connectivity index (χ0v) is 18.2. The molecule has 3 rings (SSSR count). The number of hydrogen-bond acceptors (Lipinski definition) is 6. The molecule has 0 bridgehead atoms. The van der Waals surface area contributed by atoms with Gasteiger partial charge in [-0.1, -0.05) is 24.3 Å². The van der Waals surface area contributed by atoms with Crippen LogP contribution in [0.15, 0.2) is 53.0 Å². The Morgan fingerprint density at radius 2 is 1.70 bits per heavy atom. The molecule has 0 saturated carbocycles. The summed E-state index contributed by atoms with van der Waals surface area (Å²) in [4.78, 5) is 39.8. The van der Waals surface area contributed by atoms with E-state index in [-0.39, 0.29) is 35.4 Å². The summed E-state index contributed by atoms with van der Waals surface area (Å²) in [6.07, 6.45) is 3.61. The minimum Gasteiger partial charge on any atom is -0.489 e. The molecule has 1 fully saturated rings. The lowest BCUT2D eigenvalue weighted by atomic mass is 9.87. The Morgan fingerprint density at radius 3 is 2.37 bits per heavy atom. The van der Waals surface area contributed by atoms with Crippen LogP contribution in [0, 0.1) is 0 Å². The second-order valence-corrected chi connectivity index (χ2v) is 8.20. The van der Waals surface area contributed by atoms with Crippen LogP contribution < -0.4 is 0 Å². The molecule has 7 heteroatoms. The van der Waals surface area contributed by atoms with E-state index in [1.807, 2.05) is 40.9 Å². The van der Waals surface area contributed by atoms with Crippen LogP contribution in [-0.4, -0.2) is 61.2 Å². The summed E-state index contributed by atoms with van der Waals surface area (Å²) in [6, 6.07) is 7.53. The van der Waals surface area contributed by atoms with Gasteiger partial charge in [0.2, 0.25) is 29.0 Å². The van der Waals surface area contributed by atoms with E-state index in [4.69, 9.17) is 9.47 Å². The minimum atomic E-state index is -0.355. The van der Waals surface area contributed by atoms with Crippen LogP contribution in [0.5, 0.6) is 0 Å². The Bertz CT molecular complexity index is 954. The molecule has 0 atom stereocenters. The number of Topliss-reactive ketones (excluding diaryl/α,β-unsaturated/α-hetero) is 2. The van der Waals surface area contributed by atoms with Crippen molar-refractivity contribution in [1.29, 1.82) is 0 Å². The highest BCUT2D eigenvalue weighted by atomic mass is 32.2. The molecule has 2 aliphatic rings. The third-order valence-corrected chi connectivity index (χ3v) is 6.19. The first kappa shape index (κ1) is 21.9. The smallest absolute Gasteiger partial charge is 0.246 e. The fraction of sp³-hybridized carbons (Fsp3) is 0.348. The summed E-state index contributed by atoms with van der Waals surface area (Å²) in [5, 5.41) is 0. The Hall–Kier alpha value is -2.80. The maximum absolute atomic E-state index is 12.9. The molecular weight excluding hydrogens is 402 g/mol. The van der Waals surface area contributed by atoms with Gasteiger partial charge in [-0.25, -0.2) is 0 Å². The van der Waals surface area contributed by atoms with E-state index in [1.54, 1.807) is 19.1 Å². The van der Waals surface area contributed by atoms with Gasteiger partial charge in [-0.3, -0.25) is 14.4 Å². The van der Waals surface area contributed by atoms with Gasteiger partial charge in [0, 0.05) is 48.2 Å². The molecule has 1 aliphatic heterocycles. The number of ether oxygens (including phenoxy) is 2. The number of ketones is 2. The van der Waals surface area contributed by atoms with E-state index >= 15 is 0 Å². The van der Waals surface area contributed by atoms with Gasteiger partial charge in [0.15, 0.2) is 0 Å². The van der Waals surface area contributed by atoms with Crippen molar-refractivity contribution in [3.05, 3.63) is 64.1 Å². The predicted molar refractivity (Wildman–Crippen MR) is 117 cm³/mol. The topological polar surface area (TPSA) is 72.9 Å². The maximum Gasteiger partial charge on any atom is 0.246 e. The van der Waals surface area contributed by atoms with Crippen molar-refractivity contribution < 1.29 is 23.9 Å². The zero-order valence-electron chi connectivity index (χ0n) is 17.4. The molecule has 1 saturated heterocycles. The zero-order chi connectivity index (χ0) is 21.7. The van der Waals surface area contributed by atoms with Gasteiger partial charge in [0.1, 0.15) is 0 Å². The van der Waals surface area contributed by atoms with Gasteiger partial charge >= 0.3 is 0 Å². The van der Waals surface area contributed by atoms with Gasteiger partial charge < -0.3 is 14.4 Å². The van der Waals surface area contributed by atoms with Gasteiger partial charge in [0.25, 0.3) is 0 Å². The van der Waals surface area contributed by atoms with E-state index < -0.39 is 0 Å². The van der Waals surface area contributed by atoms with Crippen LogP contribution in [-0.2, 0) is 30.3 Å². The second kappa shape index (κ2) is 9.80. The molecule has 1 aromatic rings. The van der Waals surface area contributed by atoms with Gasteiger partial charge in [-0.15, -0.1) is 0 Å². The van der Waals surface area contributed by atoms with Gasteiger partial charge in [0.05, 0.1) is 14.2 Å². The van der Waals surface area contributed by atoms with Crippen molar-refractivity contribution in [2.75, 3.05) is 38.8 Å². The summed E-state index contributed by atoms with van der Waals surface area (Å²) in [5.41, 5.74) is 2.40. The molecule has 0 spiro atoms. The lowest BCUT2D eigenvalue weighted by Crippen LogP contribution is -2.36.